The van der Waals surface area contributed by atoms with Gasteiger partial charge >= 0.3 is 0 Å². The van der Waals surface area contributed by atoms with Crippen molar-refractivity contribution < 1.29 is 0 Å². The van der Waals surface area contributed by atoms with Crippen LogP contribution in [0.1, 0.15) is 47.6 Å². The number of nitrogens with zero attached hydrogens (tertiary/aromatic N) is 3. The second kappa shape index (κ2) is 7.31. The van der Waals surface area contributed by atoms with Crippen LogP contribution in [-0.2, 0) is 19.4 Å². The standard InChI is InChI=1S/C22H24N4OS2/c1-12-8-9-14-17(10-12)29-22-19(14)21(27)24-20(25-22)13(2)26(3)11-18-23-15-6-4-5-7-16(15)28-18/h4-7,12-13H,8-11H2,1-3H3,(H,24,25,27). The Labute approximate surface area is 177 Å². The average molecular weight is 425 g/mol. The quantitative estimate of drug-likeness (QED) is 0.505. The highest BCUT2D eigenvalue weighted by atomic mass is 32.1. The first-order chi connectivity index (χ1) is 14.0. The molecular weight excluding hydrogens is 400 g/mol. The van der Waals surface area contributed by atoms with E-state index in [4.69, 9.17) is 9.97 Å². The van der Waals surface area contributed by atoms with E-state index in [9.17, 15) is 4.79 Å². The number of aromatic nitrogens is 3. The number of nitrogens with one attached hydrogen (secondary N) is 1. The van der Waals surface area contributed by atoms with E-state index in [1.807, 2.05) is 18.2 Å². The summed E-state index contributed by atoms with van der Waals surface area (Å²) in [5.74, 6) is 1.42. The summed E-state index contributed by atoms with van der Waals surface area (Å²) in [4.78, 5) is 30.0. The number of aromatic amines is 1. The van der Waals surface area contributed by atoms with Gasteiger partial charge in [0.2, 0.25) is 0 Å². The zero-order valence-corrected chi connectivity index (χ0v) is 18.5. The molecule has 0 bridgehead atoms. The number of para-hydroxylation sites is 1. The number of hydrogen-bond donors (Lipinski definition) is 1. The fourth-order valence-electron chi connectivity index (χ4n) is 4.11. The molecule has 0 fully saturated rings. The summed E-state index contributed by atoms with van der Waals surface area (Å²) in [5.41, 5.74) is 2.29. The van der Waals surface area contributed by atoms with Crippen LogP contribution in [0.3, 0.4) is 0 Å². The summed E-state index contributed by atoms with van der Waals surface area (Å²) < 4.78 is 1.20. The summed E-state index contributed by atoms with van der Waals surface area (Å²) in [6.45, 7) is 5.10. The van der Waals surface area contributed by atoms with Gasteiger partial charge in [-0.3, -0.25) is 9.69 Å². The zero-order valence-electron chi connectivity index (χ0n) is 16.9. The average Bonchev–Trinajstić information content (AvgIpc) is 3.26. The SMILES string of the molecule is CC1CCc2c(sc3nc(C(C)N(C)Cc4nc5ccccc5s4)[nH]c(=O)c23)C1. The summed E-state index contributed by atoms with van der Waals surface area (Å²) in [6, 6.07) is 8.21. The molecule has 150 valence electrons. The minimum Gasteiger partial charge on any atom is -0.309 e. The Hall–Kier alpha value is -2.09. The first-order valence-electron chi connectivity index (χ1n) is 10.1. The Kier molecular flexibility index (Phi) is 4.76. The Morgan fingerprint density at radius 3 is 2.93 bits per heavy atom. The Balaban J connectivity index is 1.44. The molecule has 1 aliphatic rings. The molecule has 1 aromatic carbocycles. The second-order valence-electron chi connectivity index (χ2n) is 8.15. The van der Waals surface area contributed by atoms with E-state index in [1.165, 1.54) is 15.1 Å². The van der Waals surface area contributed by atoms with Gasteiger partial charge in [-0.1, -0.05) is 19.1 Å². The van der Waals surface area contributed by atoms with Gasteiger partial charge in [0, 0.05) is 4.88 Å². The molecule has 1 aliphatic carbocycles. The van der Waals surface area contributed by atoms with Crippen LogP contribution in [0, 0.1) is 5.92 Å². The molecule has 29 heavy (non-hydrogen) atoms. The van der Waals surface area contributed by atoms with Crippen LogP contribution in [0.2, 0.25) is 0 Å². The molecular formula is C22H24N4OS2. The first kappa shape index (κ1) is 18.9. The Morgan fingerprint density at radius 2 is 2.10 bits per heavy atom. The largest absolute Gasteiger partial charge is 0.309 e. The predicted octanol–water partition coefficient (Wildman–Crippen LogP) is 4.91. The van der Waals surface area contributed by atoms with Crippen LogP contribution >= 0.6 is 22.7 Å². The highest BCUT2D eigenvalue weighted by Gasteiger charge is 2.24. The van der Waals surface area contributed by atoms with Crippen molar-refractivity contribution in [3.8, 4) is 0 Å². The van der Waals surface area contributed by atoms with Crippen LogP contribution in [0.25, 0.3) is 20.4 Å². The van der Waals surface area contributed by atoms with Crippen molar-refractivity contribution in [3.63, 3.8) is 0 Å². The number of benzene rings is 1. The molecule has 3 aromatic heterocycles. The lowest BCUT2D eigenvalue weighted by Gasteiger charge is -2.22. The Morgan fingerprint density at radius 1 is 1.28 bits per heavy atom. The van der Waals surface area contributed by atoms with E-state index < -0.39 is 0 Å². The van der Waals surface area contributed by atoms with E-state index in [-0.39, 0.29) is 11.6 Å². The van der Waals surface area contributed by atoms with Gasteiger partial charge < -0.3 is 4.98 Å². The molecule has 5 rings (SSSR count). The third kappa shape index (κ3) is 3.41. The van der Waals surface area contributed by atoms with Gasteiger partial charge in [0.15, 0.2) is 0 Å². The fraction of sp³-hybridized carbons (Fsp3) is 0.409. The number of thiazole rings is 1. The third-order valence-electron chi connectivity index (χ3n) is 5.96. The van der Waals surface area contributed by atoms with Crippen molar-refractivity contribution in [2.75, 3.05) is 7.05 Å². The number of H-pyrrole nitrogens is 1. The lowest BCUT2D eigenvalue weighted by atomic mass is 9.89. The molecule has 1 N–H and O–H groups in total. The smallest absolute Gasteiger partial charge is 0.259 e. The van der Waals surface area contributed by atoms with Gasteiger partial charge in [-0.15, -0.1) is 22.7 Å². The van der Waals surface area contributed by atoms with Gasteiger partial charge in [0.25, 0.3) is 5.56 Å². The summed E-state index contributed by atoms with van der Waals surface area (Å²) in [5, 5.41) is 1.89. The van der Waals surface area contributed by atoms with Gasteiger partial charge in [-0.25, -0.2) is 9.97 Å². The van der Waals surface area contributed by atoms with Crippen molar-refractivity contribution in [1.82, 2.24) is 19.9 Å². The lowest BCUT2D eigenvalue weighted by molar-refractivity contribution is 0.244. The number of hydrogen-bond acceptors (Lipinski definition) is 6. The van der Waals surface area contributed by atoms with E-state index >= 15 is 0 Å². The molecule has 0 saturated carbocycles. The third-order valence-corrected chi connectivity index (χ3v) is 8.13. The molecule has 0 spiro atoms. The maximum atomic E-state index is 12.9. The molecule has 7 heteroatoms. The Bertz CT molecular complexity index is 1220. The molecule has 5 nitrogen and oxygen atoms in total. The molecule has 2 unspecified atom stereocenters. The van der Waals surface area contributed by atoms with Crippen LogP contribution in [0.5, 0.6) is 0 Å². The second-order valence-corrected chi connectivity index (χ2v) is 10.3. The molecule has 2 atom stereocenters. The predicted molar refractivity (Wildman–Crippen MR) is 121 cm³/mol. The maximum Gasteiger partial charge on any atom is 0.259 e. The minimum atomic E-state index is -0.00263. The van der Waals surface area contributed by atoms with Gasteiger partial charge in [0.05, 0.1) is 28.2 Å². The highest BCUT2D eigenvalue weighted by Crippen LogP contribution is 2.36. The van der Waals surface area contributed by atoms with Gasteiger partial charge in [0.1, 0.15) is 15.7 Å². The van der Waals surface area contributed by atoms with Crippen LogP contribution in [0.15, 0.2) is 29.1 Å². The molecule has 3 heterocycles. The van der Waals surface area contributed by atoms with Crippen LogP contribution in [0.4, 0.5) is 0 Å². The van der Waals surface area contributed by atoms with E-state index in [1.54, 1.807) is 22.7 Å². The number of thiophene rings is 1. The monoisotopic (exact) mass is 424 g/mol. The number of rotatable bonds is 4. The number of aryl methyl sites for hydroxylation is 1. The van der Waals surface area contributed by atoms with Crippen molar-refractivity contribution in [3.05, 3.63) is 55.9 Å². The maximum absolute atomic E-state index is 12.9. The van der Waals surface area contributed by atoms with E-state index in [0.717, 1.165) is 52.4 Å². The first-order valence-corrected chi connectivity index (χ1v) is 11.7. The van der Waals surface area contributed by atoms with Crippen molar-refractivity contribution in [1.29, 1.82) is 0 Å². The highest BCUT2D eigenvalue weighted by molar-refractivity contribution is 7.19. The summed E-state index contributed by atoms with van der Waals surface area (Å²) in [7, 11) is 2.06. The zero-order chi connectivity index (χ0) is 20.1. The van der Waals surface area contributed by atoms with E-state index in [2.05, 4.69) is 36.8 Å². The number of fused-ring (bicyclic) bond motifs is 4. The van der Waals surface area contributed by atoms with Crippen molar-refractivity contribution in [2.45, 2.75) is 45.7 Å². The molecule has 0 aliphatic heterocycles. The summed E-state index contributed by atoms with van der Waals surface area (Å²) >= 11 is 3.43. The lowest BCUT2D eigenvalue weighted by Crippen LogP contribution is -2.26. The van der Waals surface area contributed by atoms with Gasteiger partial charge in [-0.2, -0.15) is 0 Å². The van der Waals surface area contributed by atoms with Gasteiger partial charge in [-0.05, 0) is 56.8 Å². The van der Waals surface area contributed by atoms with Crippen LogP contribution in [-0.4, -0.2) is 26.9 Å². The van der Waals surface area contributed by atoms with E-state index in [0.29, 0.717) is 5.92 Å². The molecule has 0 saturated heterocycles. The molecule has 4 aromatic rings. The fourth-order valence-corrected chi connectivity index (χ4v) is 6.53. The molecule has 0 amide bonds. The van der Waals surface area contributed by atoms with Crippen molar-refractivity contribution >= 4 is 43.1 Å². The normalized spacial score (nSPS) is 17.9. The van der Waals surface area contributed by atoms with Crippen molar-refractivity contribution in [2.24, 2.45) is 5.92 Å². The summed E-state index contributed by atoms with van der Waals surface area (Å²) in [6.07, 6.45) is 3.22. The topological polar surface area (TPSA) is 61.9 Å². The van der Waals surface area contributed by atoms with Crippen LogP contribution < -0.4 is 5.56 Å². The minimum absolute atomic E-state index is 0.00263. The molecule has 0 radical (unpaired) electrons.